The van der Waals surface area contributed by atoms with Crippen molar-refractivity contribution in [2.75, 3.05) is 17.4 Å². The van der Waals surface area contributed by atoms with Crippen LogP contribution in [-0.2, 0) is 16.3 Å². The van der Waals surface area contributed by atoms with Gasteiger partial charge in [-0.25, -0.2) is 8.42 Å². The standard InChI is InChI=1S/C17H19ClO2S/c18-11-16(15-8-9-21(19,20)12-15)10-14-6-3-5-13-4-1-2-7-17(13)14/h1-7,15-16H,8-12H2. The Hall–Kier alpha value is -1.06. The molecule has 1 fully saturated rings. The number of fused-ring (bicyclic) bond motifs is 1. The second-order valence-electron chi connectivity index (χ2n) is 5.92. The maximum absolute atomic E-state index is 11.7. The van der Waals surface area contributed by atoms with E-state index < -0.39 is 9.84 Å². The molecule has 1 aliphatic heterocycles. The quantitative estimate of drug-likeness (QED) is 0.805. The van der Waals surface area contributed by atoms with Gasteiger partial charge in [0.1, 0.15) is 0 Å². The van der Waals surface area contributed by atoms with Crippen molar-refractivity contribution in [1.29, 1.82) is 0 Å². The molecule has 0 bridgehead atoms. The van der Waals surface area contributed by atoms with Crippen molar-refractivity contribution >= 4 is 32.2 Å². The second kappa shape index (κ2) is 5.98. The number of hydrogen-bond donors (Lipinski definition) is 0. The summed E-state index contributed by atoms with van der Waals surface area (Å²) in [6.07, 6.45) is 1.61. The summed E-state index contributed by atoms with van der Waals surface area (Å²) in [7, 11) is -2.84. The zero-order chi connectivity index (χ0) is 14.9. The first-order valence-electron chi connectivity index (χ1n) is 7.32. The number of benzene rings is 2. The molecule has 0 spiro atoms. The van der Waals surface area contributed by atoms with E-state index >= 15 is 0 Å². The van der Waals surface area contributed by atoms with E-state index in [0.717, 1.165) is 12.8 Å². The Morgan fingerprint density at radius 3 is 2.62 bits per heavy atom. The van der Waals surface area contributed by atoms with Crippen LogP contribution < -0.4 is 0 Å². The molecule has 3 rings (SSSR count). The third-order valence-corrected chi connectivity index (χ3v) is 6.68. The fourth-order valence-corrected chi connectivity index (χ4v) is 5.58. The Bertz CT molecular complexity index is 734. The lowest BCUT2D eigenvalue weighted by Crippen LogP contribution is -2.20. The van der Waals surface area contributed by atoms with Crippen LogP contribution in [-0.4, -0.2) is 25.8 Å². The summed E-state index contributed by atoms with van der Waals surface area (Å²) in [5.41, 5.74) is 1.27. The van der Waals surface area contributed by atoms with Crippen molar-refractivity contribution in [3.05, 3.63) is 48.0 Å². The molecule has 0 amide bonds. The van der Waals surface area contributed by atoms with E-state index in [2.05, 4.69) is 30.3 Å². The van der Waals surface area contributed by atoms with Gasteiger partial charge in [-0.15, -0.1) is 11.6 Å². The molecule has 2 aromatic carbocycles. The Balaban J connectivity index is 1.86. The molecule has 2 unspecified atom stereocenters. The van der Waals surface area contributed by atoms with Gasteiger partial charge >= 0.3 is 0 Å². The highest BCUT2D eigenvalue weighted by Crippen LogP contribution is 2.31. The highest BCUT2D eigenvalue weighted by atomic mass is 35.5. The van der Waals surface area contributed by atoms with Crippen LogP contribution in [0.5, 0.6) is 0 Å². The zero-order valence-electron chi connectivity index (χ0n) is 11.8. The first-order valence-corrected chi connectivity index (χ1v) is 9.68. The second-order valence-corrected chi connectivity index (χ2v) is 8.46. The predicted molar refractivity (Wildman–Crippen MR) is 88.6 cm³/mol. The van der Waals surface area contributed by atoms with Gasteiger partial charge in [0.15, 0.2) is 9.84 Å². The molecule has 21 heavy (non-hydrogen) atoms. The summed E-state index contributed by atoms with van der Waals surface area (Å²) in [5.74, 6) is 1.57. The van der Waals surface area contributed by atoms with Crippen molar-refractivity contribution in [1.82, 2.24) is 0 Å². The molecule has 4 heteroatoms. The van der Waals surface area contributed by atoms with E-state index in [-0.39, 0.29) is 11.8 Å². The van der Waals surface area contributed by atoms with Crippen LogP contribution in [0.25, 0.3) is 10.8 Å². The molecule has 1 saturated heterocycles. The lowest BCUT2D eigenvalue weighted by atomic mass is 9.86. The Labute approximate surface area is 131 Å². The Morgan fingerprint density at radius 2 is 1.90 bits per heavy atom. The van der Waals surface area contributed by atoms with E-state index in [4.69, 9.17) is 11.6 Å². The number of alkyl halides is 1. The summed E-state index contributed by atoms with van der Waals surface area (Å²) < 4.78 is 23.4. The van der Waals surface area contributed by atoms with E-state index in [1.165, 1.54) is 16.3 Å². The average Bonchev–Trinajstić information content (AvgIpc) is 2.85. The van der Waals surface area contributed by atoms with Crippen LogP contribution in [0.3, 0.4) is 0 Å². The summed E-state index contributed by atoms with van der Waals surface area (Å²) in [5, 5.41) is 2.47. The van der Waals surface area contributed by atoms with Crippen molar-refractivity contribution in [3.63, 3.8) is 0 Å². The smallest absolute Gasteiger partial charge is 0.150 e. The molecule has 112 valence electrons. The third-order valence-electron chi connectivity index (χ3n) is 4.49. The molecule has 2 atom stereocenters. The van der Waals surface area contributed by atoms with Crippen LogP contribution >= 0.6 is 11.6 Å². The normalized spacial score (nSPS) is 22.4. The Kier molecular flexibility index (Phi) is 4.23. The van der Waals surface area contributed by atoms with Crippen molar-refractivity contribution in [3.8, 4) is 0 Å². The van der Waals surface area contributed by atoms with Gasteiger partial charge in [-0.3, -0.25) is 0 Å². The lowest BCUT2D eigenvalue weighted by Gasteiger charge is -2.21. The molecule has 0 radical (unpaired) electrons. The minimum absolute atomic E-state index is 0.200. The highest BCUT2D eigenvalue weighted by Gasteiger charge is 2.33. The first-order chi connectivity index (χ1) is 10.1. The van der Waals surface area contributed by atoms with Gasteiger partial charge in [0.2, 0.25) is 0 Å². The number of rotatable bonds is 4. The summed E-state index contributed by atoms with van der Waals surface area (Å²) in [4.78, 5) is 0. The van der Waals surface area contributed by atoms with E-state index in [9.17, 15) is 8.42 Å². The van der Waals surface area contributed by atoms with Crippen molar-refractivity contribution in [2.45, 2.75) is 12.8 Å². The van der Waals surface area contributed by atoms with Gasteiger partial charge in [0.05, 0.1) is 11.5 Å². The van der Waals surface area contributed by atoms with Crippen LogP contribution in [0.2, 0.25) is 0 Å². The summed E-state index contributed by atoms with van der Waals surface area (Å²) >= 11 is 6.15. The molecule has 2 nitrogen and oxygen atoms in total. The fraction of sp³-hybridized carbons (Fsp3) is 0.412. The van der Waals surface area contributed by atoms with Gasteiger partial charge in [-0.1, -0.05) is 42.5 Å². The topological polar surface area (TPSA) is 34.1 Å². The monoisotopic (exact) mass is 322 g/mol. The van der Waals surface area contributed by atoms with Crippen LogP contribution in [0.4, 0.5) is 0 Å². The molecule has 1 heterocycles. The summed E-state index contributed by atoms with van der Waals surface area (Å²) in [6.45, 7) is 0. The summed E-state index contributed by atoms with van der Waals surface area (Å²) in [6, 6.07) is 14.6. The molecule has 1 aliphatic rings. The molecule has 0 aromatic heterocycles. The van der Waals surface area contributed by atoms with Gasteiger partial charge < -0.3 is 0 Å². The van der Waals surface area contributed by atoms with Gasteiger partial charge in [0, 0.05) is 5.88 Å². The van der Waals surface area contributed by atoms with Crippen LogP contribution in [0.15, 0.2) is 42.5 Å². The molecule has 0 aliphatic carbocycles. The van der Waals surface area contributed by atoms with Gasteiger partial charge in [-0.05, 0) is 41.0 Å². The molecule has 0 saturated carbocycles. The van der Waals surface area contributed by atoms with E-state index in [1.807, 2.05) is 12.1 Å². The molecule has 2 aromatic rings. The number of halogens is 1. The molecular formula is C17H19ClO2S. The first kappa shape index (κ1) is 14.9. The fourth-order valence-electron chi connectivity index (χ4n) is 3.30. The van der Waals surface area contributed by atoms with E-state index in [1.54, 1.807) is 0 Å². The maximum atomic E-state index is 11.7. The predicted octanol–water partition coefficient (Wildman–Crippen LogP) is 3.67. The lowest BCUT2D eigenvalue weighted by molar-refractivity contribution is 0.399. The Morgan fingerprint density at radius 1 is 1.14 bits per heavy atom. The van der Waals surface area contributed by atoms with Gasteiger partial charge in [-0.2, -0.15) is 0 Å². The molecular weight excluding hydrogens is 304 g/mol. The third kappa shape index (κ3) is 3.24. The average molecular weight is 323 g/mol. The largest absolute Gasteiger partial charge is 0.229 e. The molecule has 0 N–H and O–H groups in total. The zero-order valence-corrected chi connectivity index (χ0v) is 13.4. The van der Waals surface area contributed by atoms with Gasteiger partial charge in [0.25, 0.3) is 0 Å². The van der Waals surface area contributed by atoms with Crippen LogP contribution in [0.1, 0.15) is 12.0 Å². The number of sulfone groups is 1. The minimum Gasteiger partial charge on any atom is -0.229 e. The maximum Gasteiger partial charge on any atom is 0.150 e. The van der Waals surface area contributed by atoms with Crippen LogP contribution in [0, 0.1) is 11.8 Å². The highest BCUT2D eigenvalue weighted by molar-refractivity contribution is 7.91. The van der Waals surface area contributed by atoms with E-state index in [0.29, 0.717) is 17.4 Å². The van der Waals surface area contributed by atoms with Crippen molar-refractivity contribution in [2.24, 2.45) is 11.8 Å². The van der Waals surface area contributed by atoms with Crippen molar-refractivity contribution < 1.29 is 8.42 Å². The number of hydrogen-bond acceptors (Lipinski definition) is 2. The minimum atomic E-state index is -2.84. The SMILES string of the molecule is O=S1(=O)CCC(C(CCl)Cc2cccc3ccccc23)C1.